The summed E-state index contributed by atoms with van der Waals surface area (Å²) in [5.41, 5.74) is 0.325. The molecule has 1 atom stereocenters. The van der Waals surface area contributed by atoms with Crippen molar-refractivity contribution in [3.05, 3.63) is 29.5 Å². The van der Waals surface area contributed by atoms with Gasteiger partial charge in [-0.15, -0.1) is 0 Å². The van der Waals surface area contributed by atoms with Gasteiger partial charge in [0.2, 0.25) is 5.28 Å². The number of fused-ring (bicyclic) bond motifs is 1. The summed E-state index contributed by atoms with van der Waals surface area (Å²) in [7, 11) is 0. The second-order valence-electron chi connectivity index (χ2n) is 7.90. The van der Waals surface area contributed by atoms with Crippen LogP contribution in [0, 0.1) is 0 Å². The maximum absolute atomic E-state index is 12.7. The fraction of sp³-hybridized carbons (Fsp3) is 0.550. The van der Waals surface area contributed by atoms with Crippen molar-refractivity contribution >= 4 is 34.4 Å². The van der Waals surface area contributed by atoms with Gasteiger partial charge in [-0.25, -0.2) is 9.78 Å². The van der Waals surface area contributed by atoms with Gasteiger partial charge in [-0.1, -0.05) is 19.1 Å². The fourth-order valence-corrected chi connectivity index (χ4v) is 3.62. The van der Waals surface area contributed by atoms with E-state index >= 15 is 0 Å². The quantitative estimate of drug-likeness (QED) is 0.719. The molecular formula is C20H27ClN4O2. The van der Waals surface area contributed by atoms with E-state index < -0.39 is 5.60 Å². The van der Waals surface area contributed by atoms with Crippen LogP contribution < -0.4 is 4.90 Å². The number of carbonyl (C=O) groups excluding carboxylic acids is 1. The number of halogens is 1. The van der Waals surface area contributed by atoms with Gasteiger partial charge in [0, 0.05) is 25.0 Å². The maximum atomic E-state index is 12.7. The first-order valence-corrected chi connectivity index (χ1v) is 9.83. The van der Waals surface area contributed by atoms with Crippen LogP contribution in [-0.4, -0.2) is 52.2 Å². The number of ether oxygens (including phenoxy) is 1. The van der Waals surface area contributed by atoms with E-state index in [4.69, 9.17) is 16.3 Å². The summed E-state index contributed by atoms with van der Waals surface area (Å²) in [6, 6.07) is 7.94. The number of benzene rings is 1. The van der Waals surface area contributed by atoms with Crippen molar-refractivity contribution in [2.75, 3.05) is 24.5 Å². The third-order valence-corrected chi connectivity index (χ3v) is 4.72. The van der Waals surface area contributed by atoms with Gasteiger partial charge in [0.05, 0.1) is 11.6 Å². The van der Waals surface area contributed by atoms with Crippen molar-refractivity contribution in [2.24, 2.45) is 0 Å². The van der Waals surface area contributed by atoms with E-state index in [0.717, 1.165) is 36.1 Å². The molecule has 27 heavy (non-hydrogen) atoms. The molecule has 2 heterocycles. The van der Waals surface area contributed by atoms with E-state index in [9.17, 15) is 4.79 Å². The number of nitrogens with zero attached hydrogens (tertiary/aromatic N) is 4. The highest BCUT2D eigenvalue weighted by atomic mass is 35.5. The zero-order valence-electron chi connectivity index (χ0n) is 16.4. The van der Waals surface area contributed by atoms with E-state index in [2.05, 4.69) is 21.8 Å². The first-order valence-electron chi connectivity index (χ1n) is 9.45. The number of para-hydroxylation sites is 1. The summed E-state index contributed by atoms with van der Waals surface area (Å²) in [4.78, 5) is 25.5. The lowest BCUT2D eigenvalue weighted by molar-refractivity contribution is 0.0178. The van der Waals surface area contributed by atoms with Crippen molar-refractivity contribution in [1.29, 1.82) is 0 Å². The predicted molar refractivity (Wildman–Crippen MR) is 108 cm³/mol. The average Bonchev–Trinajstić information content (AvgIpc) is 3.06. The Morgan fingerprint density at radius 1 is 1.33 bits per heavy atom. The SMILES string of the molecule is CCCN(C(=O)OC(C)(C)C)[C@H]1CCN(c2nc(Cl)nc3ccccc23)C1. The van der Waals surface area contributed by atoms with Crippen LogP contribution in [0.1, 0.15) is 40.5 Å². The predicted octanol–water partition coefficient (Wildman–Crippen LogP) is 4.51. The van der Waals surface area contributed by atoms with E-state index in [1.807, 2.05) is 49.9 Å². The summed E-state index contributed by atoms with van der Waals surface area (Å²) < 4.78 is 5.62. The number of aromatic nitrogens is 2. The van der Waals surface area contributed by atoms with E-state index in [0.29, 0.717) is 13.1 Å². The molecular weight excluding hydrogens is 364 g/mol. The highest BCUT2D eigenvalue weighted by Gasteiger charge is 2.34. The smallest absolute Gasteiger partial charge is 0.410 e. The molecule has 0 aliphatic carbocycles. The molecule has 0 spiro atoms. The lowest BCUT2D eigenvalue weighted by Gasteiger charge is -2.31. The Balaban J connectivity index is 1.82. The summed E-state index contributed by atoms with van der Waals surface area (Å²) in [6.45, 7) is 9.95. The van der Waals surface area contributed by atoms with Gasteiger partial charge in [0.15, 0.2) is 0 Å². The Kier molecular flexibility index (Phi) is 5.75. The minimum absolute atomic E-state index is 0.0901. The monoisotopic (exact) mass is 390 g/mol. The highest BCUT2D eigenvalue weighted by Crippen LogP contribution is 2.29. The maximum Gasteiger partial charge on any atom is 0.410 e. The molecule has 1 amide bonds. The molecule has 0 bridgehead atoms. The van der Waals surface area contributed by atoms with Crippen molar-refractivity contribution in [1.82, 2.24) is 14.9 Å². The molecule has 0 saturated carbocycles. The molecule has 1 fully saturated rings. The number of carbonyl (C=O) groups is 1. The largest absolute Gasteiger partial charge is 0.444 e. The summed E-state index contributed by atoms with van der Waals surface area (Å²) in [6.07, 6.45) is 1.51. The molecule has 1 aromatic carbocycles. The van der Waals surface area contributed by atoms with Crippen LogP contribution in [0.5, 0.6) is 0 Å². The summed E-state index contributed by atoms with van der Waals surface area (Å²) in [5.74, 6) is 0.828. The number of hydrogen-bond donors (Lipinski definition) is 0. The second kappa shape index (κ2) is 7.89. The van der Waals surface area contributed by atoms with Gasteiger partial charge >= 0.3 is 6.09 Å². The molecule has 1 aliphatic rings. The molecule has 0 unspecified atom stereocenters. The molecule has 146 valence electrons. The molecule has 3 rings (SSSR count). The second-order valence-corrected chi connectivity index (χ2v) is 8.23. The molecule has 1 aromatic heterocycles. The van der Waals surface area contributed by atoms with Gasteiger partial charge in [0.1, 0.15) is 11.4 Å². The van der Waals surface area contributed by atoms with Crippen molar-refractivity contribution in [3.63, 3.8) is 0 Å². The van der Waals surface area contributed by atoms with Crippen molar-refractivity contribution in [2.45, 2.75) is 52.2 Å². The van der Waals surface area contributed by atoms with Gasteiger partial charge in [0.25, 0.3) is 0 Å². The Labute approximate surface area is 165 Å². The molecule has 0 N–H and O–H groups in total. The van der Waals surface area contributed by atoms with E-state index in [-0.39, 0.29) is 17.4 Å². The Bertz CT molecular complexity index is 821. The number of anilines is 1. The molecule has 1 saturated heterocycles. The van der Waals surface area contributed by atoms with Crippen LogP contribution in [0.25, 0.3) is 10.9 Å². The van der Waals surface area contributed by atoms with Gasteiger partial charge in [-0.05, 0) is 57.3 Å². The Hall–Kier alpha value is -2.08. The molecule has 1 aliphatic heterocycles. The topological polar surface area (TPSA) is 58.6 Å². The van der Waals surface area contributed by atoms with Crippen LogP contribution in [0.3, 0.4) is 0 Å². The first-order chi connectivity index (χ1) is 12.8. The fourth-order valence-electron chi connectivity index (χ4n) is 3.45. The van der Waals surface area contributed by atoms with Crippen LogP contribution >= 0.6 is 11.6 Å². The standard InChI is InChI=1S/C20H27ClN4O2/c1-5-11-25(19(26)27-20(2,3)4)14-10-12-24(13-14)17-15-8-6-7-9-16(15)22-18(21)23-17/h6-9,14H,5,10-13H2,1-4H3/t14-/m0/s1. The zero-order valence-corrected chi connectivity index (χ0v) is 17.2. The first kappa shape index (κ1) is 19.7. The average molecular weight is 391 g/mol. The molecule has 0 radical (unpaired) electrons. The van der Waals surface area contributed by atoms with Gasteiger partial charge in [-0.2, -0.15) is 4.98 Å². The lowest BCUT2D eigenvalue weighted by atomic mass is 10.2. The normalized spacial score (nSPS) is 17.4. The van der Waals surface area contributed by atoms with Crippen molar-refractivity contribution in [3.8, 4) is 0 Å². The molecule has 6 nitrogen and oxygen atoms in total. The number of amides is 1. The molecule has 2 aromatic rings. The Morgan fingerprint density at radius 2 is 2.07 bits per heavy atom. The van der Waals surface area contributed by atoms with Crippen LogP contribution in [0.15, 0.2) is 24.3 Å². The minimum Gasteiger partial charge on any atom is -0.444 e. The zero-order chi connectivity index (χ0) is 19.6. The Morgan fingerprint density at radius 3 is 2.78 bits per heavy atom. The molecule has 7 heteroatoms. The van der Waals surface area contributed by atoms with Gasteiger partial charge in [-0.3, -0.25) is 0 Å². The highest BCUT2D eigenvalue weighted by molar-refractivity contribution is 6.28. The van der Waals surface area contributed by atoms with E-state index in [1.165, 1.54) is 0 Å². The summed E-state index contributed by atoms with van der Waals surface area (Å²) >= 11 is 6.14. The minimum atomic E-state index is -0.502. The van der Waals surface area contributed by atoms with Crippen LogP contribution in [0.2, 0.25) is 5.28 Å². The number of rotatable bonds is 4. The third kappa shape index (κ3) is 4.61. The van der Waals surface area contributed by atoms with E-state index in [1.54, 1.807) is 0 Å². The van der Waals surface area contributed by atoms with Crippen LogP contribution in [-0.2, 0) is 4.74 Å². The van der Waals surface area contributed by atoms with Crippen molar-refractivity contribution < 1.29 is 9.53 Å². The lowest BCUT2D eigenvalue weighted by Crippen LogP contribution is -2.45. The number of hydrogen-bond acceptors (Lipinski definition) is 5. The summed E-state index contributed by atoms with van der Waals surface area (Å²) in [5, 5.41) is 1.21. The third-order valence-electron chi connectivity index (χ3n) is 4.55. The van der Waals surface area contributed by atoms with Gasteiger partial charge < -0.3 is 14.5 Å². The van der Waals surface area contributed by atoms with Crippen LogP contribution in [0.4, 0.5) is 10.6 Å².